The smallest absolute Gasteiger partial charge is 0.177 e. The molecule has 1 aromatic carbocycles. The molecule has 166 valence electrons. The SMILES string of the molecule is CCc1ccccc1CN1NC(c2ncc(O)c(Nc3ccncc3C#N)n2)C2=C1CCC2. The second kappa shape index (κ2) is 8.88. The van der Waals surface area contributed by atoms with Gasteiger partial charge in [0.1, 0.15) is 12.1 Å². The highest BCUT2D eigenvalue weighted by atomic mass is 16.3. The Morgan fingerprint density at radius 3 is 2.88 bits per heavy atom. The van der Waals surface area contributed by atoms with Crippen LogP contribution in [0.15, 0.2) is 60.2 Å². The van der Waals surface area contributed by atoms with Crippen LogP contribution in [0.25, 0.3) is 0 Å². The van der Waals surface area contributed by atoms with Crippen LogP contribution in [0, 0.1) is 11.3 Å². The molecule has 3 aromatic rings. The zero-order chi connectivity index (χ0) is 22.8. The largest absolute Gasteiger partial charge is 0.503 e. The number of benzene rings is 1. The summed E-state index contributed by atoms with van der Waals surface area (Å²) in [4.78, 5) is 13.0. The summed E-state index contributed by atoms with van der Waals surface area (Å²) in [6.07, 6.45) is 8.59. The number of hydrogen-bond acceptors (Lipinski definition) is 8. The van der Waals surface area contributed by atoms with Gasteiger partial charge in [-0.3, -0.25) is 4.98 Å². The molecule has 3 heterocycles. The molecule has 0 bridgehead atoms. The lowest BCUT2D eigenvalue weighted by atomic mass is 10.1. The Morgan fingerprint density at radius 2 is 2.06 bits per heavy atom. The van der Waals surface area contributed by atoms with E-state index in [-0.39, 0.29) is 17.6 Å². The van der Waals surface area contributed by atoms with Gasteiger partial charge in [-0.05, 0) is 48.4 Å². The first-order chi connectivity index (χ1) is 16.2. The molecule has 5 rings (SSSR count). The number of aryl methyl sites for hydroxylation is 1. The van der Waals surface area contributed by atoms with Gasteiger partial charge in [0.2, 0.25) is 0 Å². The van der Waals surface area contributed by atoms with Gasteiger partial charge in [0.15, 0.2) is 17.4 Å². The van der Waals surface area contributed by atoms with Crippen molar-refractivity contribution in [2.24, 2.45) is 0 Å². The molecule has 0 saturated carbocycles. The van der Waals surface area contributed by atoms with E-state index in [9.17, 15) is 10.4 Å². The minimum Gasteiger partial charge on any atom is -0.503 e. The monoisotopic (exact) mass is 439 g/mol. The predicted molar refractivity (Wildman–Crippen MR) is 124 cm³/mol. The zero-order valence-corrected chi connectivity index (χ0v) is 18.4. The van der Waals surface area contributed by atoms with Gasteiger partial charge in [-0.2, -0.15) is 5.26 Å². The number of anilines is 2. The van der Waals surface area contributed by atoms with Crippen molar-refractivity contribution < 1.29 is 5.11 Å². The van der Waals surface area contributed by atoms with Crippen molar-refractivity contribution in [1.29, 1.82) is 5.26 Å². The van der Waals surface area contributed by atoms with Gasteiger partial charge in [-0.1, -0.05) is 31.2 Å². The fraction of sp³-hybridized carbons (Fsp3) is 0.280. The normalized spacial score (nSPS) is 17.2. The van der Waals surface area contributed by atoms with Crippen molar-refractivity contribution in [3.05, 3.63) is 82.7 Å². The second-order valence-corrected chi connectivity index (χ2v) is 8.22. The maximum absolute atomic E-state index is 10.4. The Balaban J connectivity index is 1.43. The fourth-order valence-corrected chi connectivity index (χ4v) is 4.60. The number of hydrogen-bond donors (Lipinski definition) is 3. The number of allylic oxidation sites excluding steroid dienone is 1. The van der Waals surface area contributed by atoms with Crippen molar-refractivity contribution >= 4 is 11.5 Å². The predicted octanol–water partition coefficient (Wildman–Crippen LogP) is 4.25. The van der Waals surface area contributed by atoms with Crippen molar-refractivity contribution in [2.75, 3.05) is 5.32 Å². The average molecular weight is 440 g/mol. The van der Waals surface area contributed by atoms with E-state index in [0.717, 1.165) is 32.2 Å². The Kier molecular flexibility index (Phi) is 5.63. The van der Waals surface area contributed by atoms with Gasteiger partial charge in [-0.25, -0.2) is 15.4 Å². The minimum absolute atomic E-state index is 0.0770. The van der Waals surface area contributed by atoms with Gasteiger partial charge < -0.3 is 15.4 Å². The summed E-state index contributed by atoms with van der Waals surface area (Å²) in [7, 11) is 0. The van der Waals surface area contributed by atoms with Crippen LogP contribution in [0.4, 0.5) is 11.5 Å². The third-order valence-electron chi connectivity index (χ3n) is 6.26. The standard InChI is InChI=1S/C25H25N7O/c1-2-16-6-3-4-7-17(16)15-32-21-9-5-8-19(21)23(31-32)25-28-14-22(33)24(30-25)29-20-10-11-27-13-18(20)12-26/h3-4,6-7,10-11,13-14,23,31,33H,2,5,8-9,15H2,1H3,(H,27,28,29,30). The van der Waals surface area contributed by atoms with Crippen LogP contribution in [0.3, 0.4) is 0 Å². The Bertz CT molecular complexity index is 1260. The molecule has 1 unspecified atom stereocenters. The van der Waals surface area contributed by atoms with Crippen LogP contribution in [-0.4, -0.2) is 25.1 Å². The number of aromatic nitrogens is 3. The van der Waals surface area contributed by atoms with Crippen LogP contribution in [0.5, 0.6) is 5.75 Å². The molecule has 0 spiro atoms. The maximum Gasteiger partial charge on any atom is 0.177 e. The maximum atomic E-state index is 10.4. The number of nitriles is 1. The van der Waals surface area contributed by atoms with Crippen LogP contribution in [-0.2, 0) is 13.0 Å². The first kappa shape index (κ1) is 20.9. The van der Waals surface area contributed by atoms with E-state index in [0.29, 0.717) is 17.1 Å². The van der Waals surface area contributed by atoms with Gasteiger partial charge >= 0.3 is 0 Å². The quantitative estimate of drug-likeness (QED) is 0.523. The van der Waals surface area contributed by atoms with E-state index in [1.807, 2.05) is 0 Å². The topological polar surface area (TPSA) is 110 Å². The molecule has 0 saturated heterocycles. The third-order valence-corrected chi connectivity index (χ3v) is 6.26. The average Bonchev–Trinajstić information content (AvgIpc) is 3.45. The van der Waals surface area contributed by atoms with E-state index in [4.69, 9.17) is 0 Å². The highest BCUT2D eigenvalue weighted by Gasteiger charge is 2.36. The molecule has 3 N–H and O–H groups in total. The van der Waals surface area contributed by atoms with E-state index in [1.165, 1.54) is 34.8 Å². The second-order valence-electron chi connectivity index (χ2n) is 8.22. The van der Waals surface area contributed by atoms with Crippen LogP contribution < -0.4 is 10.7 Å². The number of rotatable bonds is 6. The Labute approximate surface area is 192 Å². The molecular formula is C25H25N7O. The highest BCUT2D eigenvalue weighted by Crippen LogP contribution is 2.42. The molecule has 1 aliphatic carbocycles. The van der Waals surface area contributed by atoms with Crippen molar-refractivity contribution in [1.82, 2.24) is 25.4 Å². The van der Waals surface area contributed by atoms with E-state index in [2.05, 4.69) is 68.0 Å². The van der Waals surface area contributed by atoms with Crippen molar-refractivity contribution in [3.8, 4) is 11.8 Å². The number of nitrogens with one attached hydrogen (secondary N) is 2. The molecular weight excluding hydrogens is 414 g/mol. The molecule has 2 aliphatic rings. The lowest BCUT2D eigenvalue weighted by Gasteiger charge is -2.25. The lowest BCUT2D eigenvalue weighted by molar-refractivity contribution is 0.232. The minimum atomic E-state index is -0.148. The summed E-state index contributed by atoms with van der Waals surface area (Å²) < 4.78 is 0. The van der Waals surface area contributed by atoms with Crippen molar-refractivity contribution in [2.45, 2.75) is 45.2 Å². The van der Waals surface area contributed by atoms with Gasteiger partial charge in [0.25, 0.3) is 0 Å². The van der Waals surface area contributed by atoms with E-state index >= 15 is 0 Å². The summed E-state index contributed by atoms with van der Waals surface area (Å²) in [5, 5.41) is 25.0. The molecule has 2 aromatic heterocycles. The molecule has 1 aliphatic heterocycles. The third kappa shape index (κ3) is 3.99. The molecule has 8 nitrogen and oxygen atoms in total. The molecule has 0 fully saturated rings. The molecule has 0 radical (unpaired) electrons. The Hall–Kier alpha value is -3.96. The summed E-state index contributed by atoms with van der Waals surface area (Å²) in [5.41, 5.74) is 9.79. The Morgan fingerprint density at radius 1 is 1.21 bits per heavy atom. The summed E-state index contributed by atoms with van der Waals surface area (Å²) in [6, 6.07) is 12.2. The first-order valence-corrected chi connectivity index (χ1v) is 11.2. The molecule has 0 amide bonds. The number of pyridine rings is 1. The van der Waals surface area contributed by atoms with Gasteiger partial charge in [-0.15, -0.1) is 0 Å². The zero-order valence-electron chi connectivity index (χ0n) is 18.4. The first-order valence-electron chi connectivity index (χ1n) is 11.2. The summed E-state index contributed by atoms with van der Waals surface area (Å²) in [5.74, 6) is 0.773. The van der Waals surface area contributed by atoms with Gasteiger partial charge in [0, 0.05) is 18.1 Å². The lowest BCUT2D eigenvalue weighted by Crippen LogP contribution is -2.34. The fourth-order valence-electron chi connectivity index (χ4n) is 4.60. The summed E-state index contributed by atoms with van der Waals surface area (Å²) >= 11 is 0. The molecule has 8 heteroatoms. The van der Waals surface area contributed by atoms with Crippen LogP contribution in [0.1, 0.15) is 54.7 Å². The number of hydrazine groups is 1. The van der Waals surface area contributed by atoms with E-state index in [1.54, 1.807) is 12.3 Å². The molecule has 33 heavy (non-hydrogen) atoms. The van der Waals surface area contributed by atoms with Crippen LogP contribution >= 0.6 is 0 Å². The highest BCUT2D eigenvalue weighted by molar-refractivity contribution is 5.66. The summed E-state index contributed by atoms with van der Waals surface area (Å²) in [6.45, 7) is 2.96. The van der Waals surface area contributed by atoms with E-state index < -0.39 is 0 Å². The van der Waals surface area contributed by atoms with Gasteiger partial charge in [0.05, 0.1) is 24.0 Å². The van der Waals surface area contributed by atoms with Crippen LogP contribution in [0.2, 0.25) is 0 Å². The molecule has 1 atom stereocenters. The van der Waals surface area contributed by atoms with Crippen molar-refractivity contribution in [3.63, 3.8) is 0 Å². The number of aromatic hydroxyl groups is 1. The number of nitrogens with zero attached hydrogens (tertiary/aromatic N) is 5.